The molecule has 2 aromatic rings. The van der Waals surface area contributed by atoms with Gasteiger partial charge < -0.3 is 11.1 Å². The van der Waals surface area contributed by atoms with E-state index in [1.165, 1.54) is 6.20 Å². The van der Waals surface area contributed by atoms with Gasteiger partial charge in [0.1, 0.15) is 5.02 Å². The average Bonchev–Trinajstić information content (AvgIpc) is 2.41. The summed E-state index contributed by atoms with van der Waals surface area (Å²) in [5, 5.41) is 9.12. The van der Waals surface area contributed by atoms with Crippen molar-refractivity contribution < 1.29 is 0 Å². The minimum Gasteiger partial charge on any atom is -0.378 e. The van der Waals surface area contributed by atoms with Crippen molar-refractivity contribution in [2.75, 3.05) is 5.32 Å². The van der Waals surface area contributed by atoms with Crippen molar-refractivity contribution in [3.05, 3.63) is 57.0 Å². The van der Waals surface area contributed by atoms with Gasteiger partial charge in [0.25, 0.3) is 5.56 Å². The fourth-order valence-corrected chi connectivity index (χ4v) is 1.66. The number of anilines is 1. The monoisotopic (exact) mass is 264 g/mol. The van der Waals surface area contributed by atoms with Crippen LogP contribution in [0.2, 0.25) is 5.02 Å². The first-order chi connectivity index (χ1) is 8.70. The molecule has 0 fully saturated rings. The molecule has 4 N–H and O–H groups in total. The number of nitrogens with two attached hydrogens (primary N) is 1. The number of H-pyrrole nitrogens is 1. The molecule has 0 amide bonds. The maximum absolute atomic E-state index is 11.2. The van der Waals surface area contributed by atoms with Crippen LogP contribution in [-0.2, 0) is 13.1 Å². The van der Waals surface area contributed by atoms with Crippen molar-refractivity contribution >= 4 is 17.3 Å². The van der Waals surface area contributed by atoms with Crippen LogP contribution in [0.1, 0.15) is 11.1 Å². The molecule has 2 rings (SSSR count). The van der Waals surface area contributed by atoms with Gasteiger partial charge in [0.15, 0.2) is 0 Å². The minimum atomic E-state index is -0.403. The van der Waals surface area contributed by atoms with Gasteiger partial charge in [-0.25, -0.2) is 5.10 Å². The lowest BCUT2D eigenvalue weighted by Gasteiger charge is -2.07. The number of hydrogen-bond donors (Lipinski definition) is 3. The highest BCUT2D eigenvalue weighted by molar-refractivity contribution is 6.32. The Kier molecular flexibility index (Phi) is 3.96. The summed E-state index contributed by atoms with van der Waals surface area (Å²) in [7, 11) is 0. The lowest BCUT2D eigenvalue weighted by Crippen LogP contribution is -2.11. The first-order valence-electron chi connectivity index (χ1n) is 5.45. The number of aromatic nitrogens is 2. The molecule has 0 aliphatic rings. The van der Waals surface area contributed by atoms with Crippen LogP contribution in [-0.4, -0.2) is 10.2 Å². The Hall–Kier alpha value is -1.85. The van der Waals surface area contributed by atoms with Crippen molar-refractivity contribution in [1.82, 2.24) is 10.2 Å². The molecule has 0 atom stereocenters. The third-order valence-corrected chi connectivity index (χ3v) is 2.91. The van der Waals surface area contributed by atoms with E-state index >= 15 is 0 Å². The molecule has 0 saturated heterocycles. The van der Waals surface area contributed by atoms with Gasteiger partial charge in [0.05, 0.1) is 11.9 Å². The zero-order valence-electron chi connectivity index (χ0n) is 9.61. The number of hydrogen-bond acceptors (Lipinski definition) is 4. The van der Waals surface area contributed by atoms with Crippen molar-refractivity contribution in [2.24, 2.45) is 5.73 Å². The molecule has 0 aliphatic heterocycles. The molecule has 1 aromatic heterocycles. The van der Waals surface area contributed by atoms with E-state index in [4.69, 9.17) is 17.3 Å². The van der Waals surface area contributed by atoms with Crippen LogP contribution in [0.4, 0.5) is 5.69 Å². The van der Waals surface area contributed by atoms with Gasteiger partial charge in [-0.2, -0.15) is 5.10 Å². The minimum absolute atomic E-state index is 0.114. The first-order valence-corrected chi connectivity index (χ1v) is 5.83. The summed E-state index contributed by atoms with van der Waals surface area (Å²) in [4.78, 5) is 11.2. The molecular weight excluding hydrogens is 252 g/mol. The Morgan fingerprint density at radius 3 is 2.61 bits per heavy atom. The maximum Gasteiger partial charge on any atom is 0.285 e. The molecule has 0 aliphatic carbocycles. The number of aromatic amines is 1. The van der Waals surface area contributed by atoms with Crippen LogP contribution < -0.4 is 16.6 Å². The topological polar surface area (TPSA) is 83.8 Å². The van der Waals surface area contributed by atoms with Crippen LogP contribution in [0.15, 0.2) is 35.3 Å². The Bertz CT molecular complexity index is 579. The molecule has 1 heterocycles. The molecule has 6 heteroatoms. The molecule has 0 radical (unpaired) electrons. The van der Waals surface area contributed by atoms with Crippen LogP contribution in [0, 0.1) is 0 Å². The summed E-state index contributed by atoms with van der Waals surface area (Å²) in [6.07, 6.45) is 1.48. The van der Waals surface area contributed by atoms with Crippen molar-refractivity contribution in [3.63, 3.8) is 0 Å². The van der Waals surface area contributed by atoms with E-state index in [0.29, 0.717) is 18.8 Å². The van der Waals surface area contributed by atoms with E-state index < -0.39 is 5.56 Å². The number of nitrogens with zero attached hydrogens (tertiary/aromatic N) is 1. The van der Waals surface area contributed by atoms with E-state index in [2.05, 4.69) is 15.5 Å². The quantitative estimate of drug-likeness (QED) is 0.781. The lowest BCUT2D eigenvalue weighted by molar-refractivity contribution is 0.981. The molecule has 18 heavy (non-hydrogen) atoms. The summed E-state index contributed by atoms with van der Waals surface area (Å²) in [5.74, 6) is 0. The second-order valence-corrected chi connectivity index (χ2v) is 4.18. The molecule has 0 unspecified atom stereocenters. The fraction of sp³-hybridized carbons (Fsp3) is 0.167. The van der Waals surface area contributed by atoms with Crippen LogP contribution in [0.5, 0.6) is 0 Å². The second kappa shape index (κ2) is 5.66. The van der Waals surface area contributed by atoms with Gasteiger partial charge in [0, 0.05) is 13.1 Å². The molecule has 1 aromatic carbocycles. The second-order valence-electron chi connectivity index (χ2n) is 3.80. The van der Waals surface area contributed by atoms with Gasteiger partial charge in [0.2, 0.25) is 0 Å². The summed E-state index contributed by atoms with van der Waals surface area (Å²) in [5.41, 5.74) is 7.79. The molecule has 0 spiro atoms. The van der Waals surface area contributed by atoms with Gasteiger partial charge >= 0.3 is 0 Å². The number of rotatable bonds is 4. The van der Waals surface area contributed by atoms with E-state index in [1.54, 1.807) is 0 Å². The lowest BCUT2D eigenvalue weighted by atomic mass is 10.1. The first kappa shape index (κ1) is 12.6. The Balaban J connectivity index is 2.06. The zero-order valence-corrected chi connectivity index (χ0v) is 10.4. The standard InChI is InChI=1S/C12H13ClN4O/c13-11-10(7-16-17-12(11)18)15-6-9-3-1-8(5-14)2-4-9/h1-4,7H,5-6,14H2,(H2,15,17,18). The third-order valence-electron chi connectivity index (χ3n) is 2.54. The molecule has 0 bridgehead atoms. The smallest absolute Gasteiger partial charge is 0.285 e. The zero-order chi connectivity index (χ0) is 13.0. The van der Waals surface area contributed by atoms with E-state index in [9.17, 15) is 4.79 Å². The molecule has 94 valence electrons. The number of halogens is 1. The summed E-state index contributed by atoms with van der Waals surface area (Å²) in [6, 6.07) is 7.89. The van der Waals surface area contributed by atoms with Gasteiger partial charge in [-0.1, -0.05) is 35.9 Å². The average molecular weight is 265 g/mol. The van der Waals surface area contributed by atoms with Crippen LogP contribution in [0.3, 0.4) is 0 Å². The SMILES string of the molecule is NCc1ccc(CNc2cn[nH]c(=O)c2Cl)cc1. The van der Waals surface area contributed by atoms with E-state index in [0.717, 1.165) is 11.1 Å². The van der Waals surface area contributed by atoms with Crippen molar-refractivity contribution in [2.45, 2.75) is 13.1 Å². The van der Waals surface area contributed by atoms with E-state index in [1.807, 2.05) is 24.3 Å². The largest absolute Gasteiger partial charge is 0.378 e. The normalized spacial score (nSPS) is 10.3. The number of nitrogens with one attached hydrogen (secondary N) is 2. The van der Waals surface area contributed by atoms with Gasteiger partial charge in [-0.05, 0) is 11.1 Å². The highest BCUT2D eigenvalue weighted by Crippen LogP contribution is 2.15. The van der Waals surface area contributed by atoms with Gasteiger partial charge in [-0.3, -0.25) is 4.79 Å². The number of benzene rings is 1. The highest BCUT2D eigenvalue weighted by atomic mass is 35.5. The fourth-order valence-electron chi connectivity index (χ4n) is 1.50. The Morgan fingerprint density at radius 2 is 1.94 bits per heavy atom. The van der Waals surface area contributed by atoms with Crippen LogP contribution in [0.25, 0.3) is 0 Å². The van der Waals surface area contributed by atoms with Gasteiger partial charge in [-0.15, -0.1) is 0 Å². The van der Waals surface area contributed by atoms with Crippen molar-refractivity contribution in [3.8, 4) is 0 Å². The third kappa shape index (κ3) is 2.88. The van der Waals surface area contributed by atoms with E-state index in [-0.39, 0.29) is 5.02 Å². The summed E-state index contributed by atoms with van der Waals surface area (Å²) in [6.45, 7) is 1.09. The van der Waals surface area contributed by atoms with Crippen molar-refractivity contribution in [1.29, 1.82) is 0 Å². The highest BCUT2D eigenvalue weighted by Gasteiger charge is 2.04. The predicted molar refractivity (Wildman–Crippen MR) is 71.5 cm³/mol. The molecular formula is C12H13ClN4O. The maximum atomic E-state index is 11.2. The summed E-state index contributed by atoms with van der Waals surface area (Å²) < 4.78 is 0. The Morgan fingerprint density at radius 1 is 1.28 bits per heavy atom. The molecule has 5 nitrogen and oxygen atoms in total. The summed E-state index contributed by atoms with van der Waals surface area (Å²) >= 11 is 5.84. The molecule has 0 saturated carbocycles. The Labute approximate surface area is 109 Å². The van der Waals surface area contributed by atoms with Crippen LogP contribution >= 0.6 is 11.6 Å². The predicted octanol–water partition coefficient (Wildman–Crippen LogP) is 1.49.